The van der Waals surface area contributed by atoms with Gasteiger partial charge < -0.3 is 19.5 Å². The van der Waals surface area contributed by atoms with Crippen molar-refractivity contribution in [2.45, 2.75) is 13.2 Å². The van der Waals surface area contributed by atoms with E-state index in [2.05, 4.69) is 31.5 Å². The van der Waals surface area contributed by atoms with Crippen LogP contribution in [0.3, 0.4) is 0 Å². The third-order valence-electron chi connectivity index (χ3n) is 6.01. The van der Waals surface area contributed by atoms with Crippen LogP contribution < -0.4 is 14.8 Å². The van der Waals surface area contributed by atoms with Gasteiger partial charge in [-0.2, -0.15) is 0 Å². The molecule has 37 heavy (non-hydrogen) atoms. The fraction of sp³-hybridized carbons (Fsp3) is 0.269. The van der Waals surface area contributed by atoms with Crippen molar-refractivity contribution >= 4 is 34.2 Å². The van der Waals surface area contributed by atoms with Crippen LogP contribution in [0.4, 0.5) is 10.1 Å². The molecule has 1 aliphatic rings. The molecule has 4 aromatic rings. The Bertz CT molecular complexity index is 1420. The Morgan fingerprint density at radius 1 is 1.22 bits per heavy atom. The lowest BCUT2D eigenvalue weighted by atomic mass is 10.1. The van der Waals surface area contributed by atoms with Gasteiger partial charge in [0.1, 0.15) is 6.61 Å². The van der Waals surface area contributed by atoms with Crippen LogP contribution in [0.5, 0.6) is 11.6 Å². The highest BCUT2D eigenvalue weighted by atomic mass is 35.5. The molecule has 1 fully saturated rings. The number of fused-ring (bicyclic) bond motifs is 1. The summed E-state index contributed by atoms with van der Waals surface area (Å²) in [4.78, 5) is 19.5. The van der Waals surface area contributed by atoms with Crippen LogP contribution in [-0.4, -0.2) is 59.4 Å². The van der Waals surface area contributed by atoms with Gasteiger partial charge in [0.2, 0.25) is 5.88 Å². The number of pyridine rings is 1. The van der Waals surface area contributed by atoms with Gasteiger partial charge in [-0.05, 0) is 29.3 Å². The Kier molecular flexibility index (Phi) is 7.50. The molecule has 0 atom stereocenters. The highest BCUT2D eigenvalue weighted by Gasteiger charge is 2.21. The molecule has 192 valence electrons. The molecule has 1 saturated heterocycles. The van der Waals surface area contributed by atoms with Crippen molar-refractivity contribution in [1.82, 2.24) is 20.1 Å². The summed E-state index contributed by atoms with van der Waals surface area (Å²) in [5.41, 5.74) is 2.53. The number of halogens is 2. The van der Waals surface area contributed by atoms with E-state index in [1.165, 1.54) is 25.4 Å². The van der Waals surface area contributed by atoms with Gasteiger partial charge in [-0.1, -0.05) is 35.9 Å². The molecular formula is C26H25ClFN5O4. The van der Waals surface area contributed by atoms with Crippen LogP contribution in [0.25, 0.3) is 11.0 Å². The minimum Gasteiger partial charge on any atom is -0.486 e. The Labute approximate surface area is 217 Å². The molecule has 3 heterocycles. The number of methoxy groups -OCH3 is 1. The topological polar surface area (TPSA) is 102 Å². The van der Waals surface area contributed by atoms with Gasteiger partial charge in [0, 0.05) is 19.6 Å². The van der Waals surface area contributed by atoms with Crippen LogP contribution in [-0.2, 0) is 17.9 Å². The molecule has 9 nitrogen and oxygen atoms in total. The van der Waals surface area contributed by atoms with E-state index >= 15 is 4.39 Å². The van der Waals surface area contributed by atoms with Gasteiger partial charge in [-0.3, -0.25) is 14.8 Å². The van der Waals surface area contributed by atoms with Crippen LogP contribution in [0, 0.1) is 5.82 Å². The van der Waals surface area contributed by atoms with Crippen molar-refractivity contribution < 1.29 is 23.4 Å². The van der Waals surface area contributed by atoms with E-state index in [9.17, 15) is 4.79 Å². The third-order valence-corrected chi connectivity index (χ3v) is 6.33. The largest absolute Gasteiger partial charge is 0.486 e. The van der Waals surface area contributed by atoms with E-state index in [0.29, 0.717) is 22.6 Å². The number of aromatic nitrogens is 3. The van der Waals surface area contributed by atoms with Crippen molar-refractivity contribution in [2.24, 2.45) is 0 Å². The number of carbonyl (C=O) groups excluding carboxylic acids is 1. The summed E-state index contributed by atoms with van der Waals surface area (Å²) in [5, 5.41) is 9.87. The minimum atomic E-state index is -0.843. The Balaban J connectivity index is 1.29. The molecule has 1 aliphatic heterocycles. The second-order valence-corrected chi connectivity index (χ2v) is 8.95. The first-order valence-corrected chi connectivity index (χ1v) is 12.1. The summed E-state index contributed by atoms with van der Waals surface area (Å²) >= 11 is 6.20. The quantitative estimate of drug-likeness (QED) is 0.351. The number of rotatable bonds is 8. The molecule has 11 heteroatoms. The monoisotopic (exact) mass is 525 g/mol. The maximum atomic E-state index is 15.4. The number of aromatic amines is 1. The number of H-pyrrole nitrogens is 1. The summed E-state index contributed by atoms with van der Waals surface area (Å²) in [7, 11) is 1.47. The van der Waals surface area contributed by atoms with Crippen molar-refractivity contribution in [3.63, 3.8) is 0 Å². The molecule has 2 aromatic heterocycles. The maximum absolute atomic E-state index is 15.4. The fourth-order valence-electron chi connectivity index (χ4n) is 4.15. The van der Waals surface area contributed by atoms with Crippen LogP contribution >= 0.6 is 11.6 Å². The summed E-state index contributed by atoms with van der Waals surface area (Å²) in [5.74, 6) is -1.32. The van der Waals surface area contributed by atoms with Gasteiger partial charge in [0.05, 0.1) is 48.2 Å². The maximum Gasteiger partial charge on any atom is 0.260 e. The first kappa shape index (κ1) is 24.9. The number of nitrogens with zero attached hydrogens (tertiary/aromatic N) is 3. The van der Waals surface area contributed by atoms with E-state index in [1.807, 2.05) is 18.2 Å². The lowest BCUT2D eigenvalue weighted by molar-refractivity contribution is 0.0342. The zero-order chi connectivity index (χ0) is 25.8. The fourth-order valence-corrected chi connectivity index (χ4v) is 4.38. The molecule has 0 aliphatic carbocycles. The highest BCUT2D eigenvalue weighted by molar-refractivity contribution is 6.34. The summed E-state index contributed by atoms with van der Waals surface area (Å²) in [6.45, 7) is 4.19. The molecule has 0 unspecified atom stereocenters. The third kappa shape index (κ3) is 5.66. The molecule has 0 bridgehead atoms. The molecular weight excluding hydrogens is 501 g/mol. The van der Waals surface area contributed by atoms with E-state index in [-0.39, 0.29) is 22.9 Å². The standard InChI is InChI=1S/C26H25ClFN5O4/c1-35-26-19-12-18(13-29-24(19)31-32-26)30-25(34)22-20(27)5-6-21(23(22)28)37-15-17-4-2-3-16(11-17)14-33-7-9-36-10-8-33/h2-6,11-13H,7-10,14-15H2,1H3,(H,30,34)(H,29,31,32). The van der Waals surface area contributed by atoms with Crippen LogP contribution in [0.2, 0.25) is 5.02 Å². The average Bonchev–Trinajstić information content (AvgIpc) is 3.31. The molecule has 0 spiro atoms. The van der Waals surface area contributed by atoms with Gasteiger partial charge in [0.15, 0.2) is 17.2 Å². The number of nitrogens with one attached hydrogen (secondary N) is 2. The second kappa shape index (κ2) is 11.1. The molecule has 0 radical (unpaired) electrons. The Hall–Kier alpha value is -3.73. The van der Waals surface area contributed by atoms with Crippen LogP contribution in [0.1, 0.15) is 21.5 Å². The highest BCUT2D eigenvalue weighted by Crippen LogP contribution is 2.30. The van der Waals surface area contributed by atoms with Crippen molar-refractivity contribution in [2.75, 3.05) is 38.7 Å². The van der Waals surface area contributed by atoms with Gasteiger partial charge in [-0.25, -0.2) is 9.37 Å². The average molecular weight is 526 g/mol. The number of carbonyl (C=O) groups is 1. The first-order valence-electron chi connectivity index (χ1n) is 11.7. The van der Waals surface area contributed by atoms with Gasteiger partial charge in [-0.15, -0.1) is 5.10 Å². The molecule has 2 aromatic carbocycles. The SMILES string of the molecule is COc1n[nH]c2ncc(NC(=O)c3c(Cl)ccc(OCc4cccc(CN5CCOCC5)c4)c3F)cc12. The minimum absolute atomic E-state index is 0.0372. The van der Waals surface area contributed by atoms with E-state index in [4.69, 9.17) is 25.8 Å². The van der Waals surface area contributed by atoms with E-state index in [0.717, 1.165) is 44.0 Å². The number of morpholine rings is 1. The normalized spacial score (nSPS) is 14.0. The van der Waals surface area contributed by atoms with Crippen molar-refractivity contribution in [1.29, 1.82) is 0 Å². The molecule has 1 amide bonds. The Morgan fingerprint density at radius 3 is 2.84 bits per heavy atom. The lowest BCUT2D eigenvalue weighted by Gasteiger charge is -2.26. The molecule has 0 saturated carbocycles. The van der Waals surface area contributed by atoms with E-state index < -0.39 is 11.7 Å². The first-order chi connectivity index (χ1) is 18.0. The number of anilines is 1. The predicted molar refractivity (Wildman–Crippen MR) is 137 cm³/mol. The summed E-state index contributed by atoms with van der Waals surface area (Å²) in [6.07, 6.45) is 1.42. The smallest absolute Gasteiger partial charge is 0.260 e. The number of hydrogen-bond donors (Lipinski definition) is 2. The zero-order valence-electron chi connectivity index (χ0n) is 20.1. The van der Waals surface area contributed by atoms with Gasteiger partial charge >= 0.3 is 0 Å². The summed E-state index contributed by atoms with van der Waals surface area (Å²) in [6, 6.07) is 12.4. The van der Waals surface area contributed by atoms with Gasteiger partial charge in [0.25, 0.3) is 5.91 Å². The Morgan fingerprint density at radius 2 is 2.03 bits per heavy atom. The lowest BCUT2D eigenvalue weighted by Crippen LogP contribution is -2.35. The number of amides is 1. The summed E-state index contributed by atoms with van der Waals surface area (Å²) < 4.78 is 31.7. The molecule has 2 N–H and O–H groups in total. The zero-order valence-corrected chi connectivity index (χ0v) is 20.8. The number of benzene rings is 2. The van der Waals surface area contributed by atoms with E-state index in [1.54, 1.807) is 6.07 Å². The number of ether oxygens (including phenoxy) is 3. The second-order valence-electron chi connectivity index (χ2n) is 8.54. The van der Waals surface area contributed by atoms with Crippen LogP contribution in [0.15, 0.2) is 48.7 Å². The molecule has 5 rings (SSSR count). The van der Waals surface area contributed by atoms with Crippen molar-refractivity contribution in [3.05, 3.63) is 76.2 Å². The van der Waals surface area contributed by atoms with Crippen molar-refractivity contribution in [3.8, 4) is 11.6 Å². The number of hydrogen-bond acceptors (Lipinski definition) is 7. The predicted octanol–water partition coefficient (Wildman–Crippen LogP) is 4.42.